The molecule has 0 bridgehead atoms. The molecule has 0 spiro atoms. The molecular formula is C8H16O2. The average molecular weight is 144 g/mol. The number of aliphatic hydroxyl groups excluding tert-OH is 2. The summed E-state index contributed by atoms with van der Waals surface area (Å²) in [6.07, 6.45) is 3.55. The van der Waals surface area contributed by atoms with E-state index in [1.165, 1.54) is 0 Å². The highest BCUT2D eigenvalue weighted by Gasteiger charge is 2.39. The summed E-state index contributed by atoms with van der Waals surface area (Å²) in [7, 11) is 0. The van der Waals surface area contributed by atoms with Gasteiger partial charge in [-0.25, -0.2) is 0 Å². The molecule has 0 aromatic rings. The summed E-state index contributed by atoms with van der Waals surface area (Å²) in [6.45, 7) is 2.18. The van der Waals surface area contributed by atoms with Crippen molar-refractivity contribution in [3.63, 3.8) is 0 Å². The van der Waals surface area contributed by atoms with E-state index in [9.17, 15) is 5.11 Å². The van der Waals surface area contributed by atoms with Gasteiger partial charge in [0.2, 0.25) is 0 Å². The van der Waals surface area contributed by atoms with E-state index in [1.54, 1.807) is 0 Å². The molecule has 2 N–H and O–H groups in total. The fraction of sp³-hybridized carbons (Fsp3) is 1.00. The van der Waals surface area contributed by atoms with Crippen LogP contribution >= 0.6 is 0 Å². The van der Waals surface area contributed by atoms with Crippen LogP contribution in [0, 0.1) is 5.41 Å². The maximum atomic E-state index is 9.48. The van der Waals surface area contributed by atoms with E-state index in [1.807, 2.05) is 6.92 Å². The SMILES string of the molecule is CC[C@]1(CO)CCC[C@@H]1O. The Bertz CT molecular complexity index is 108. The van der Waals surface area contributed by atoms with Gasteiger partial charge < -0.3 is 10.2 Å². The Morgan fingerprint density at radius 2 is 2.30 bits per heavy atom. The number of rotatable bonds is 2. The van der Waals surface area contributed by atoms with Crippen molar-refractivity contribution in [1.82, 2.24) is 0 Å². The van der Waals surface area contributed by atoms with Gasteiger partial charge in [0, 0.05) is 5.41 Å². The van der Waals surface area contributed by atoms with E-state index in [4.69, 9.17) is 5.11 Å². The lowest BCUT2D eigenvalue weighted by Gasteiger charge is -2.28. The maximum Gasteiger partial charge on any atom is 0.0618 e. The van der Waals surface area contributed by atoms with Crippen LogP contribution in [-0.4, -0.2) is 22.9 Å². The maximum absolute atomic E-state index is 9.48. The zero-order valence-corrected chi connectivity index (χ0v) is 6.51. The second-order valence-corrected chi connectivity index (χ2v) is 3.28. The van der Waals surface area contributed by atoms with Gasteiger partial charge in [-0.2, -0.15) is 0 Å². The molecule has 0 aromatic carbocycles. The average Bonchev–Trinajstić information content (AvgIpc) is 2.32. The van der Waals surface area contributed by atoms with Crippen LogP contribution in [0.15, 0.2) is 0 Å². The summed E-state index contributed by atoms with van der Waals surface area (Å²) >= 11 is 0. The van der Waals surface area contributed by atoms with Gasteiger partial charge in [0.1, 0.15) is 0 Å². The quantitative estimate of drug-likeness (QED) is 0.605. The Labute approximate surface area is 61.9 Å². The molecule has 2 atom stereocenters. The Hall–Kier alpha value is -0.0800. The molecule has 0 radical (unpaired) electrons. The van der Waals surface area contributed by atoms with E-state index in [-0.39, 0.29) is 18.1 Å². The van der Waals surface area contributed by atoms with Crippen molar-refractivity contribution < 1.29 is 10.2 Å². The minimum absolute atomic E-state index is 0.144. The van der Waals surface area contributed by atoms with Crippen LogP contribution < -0.4 is 0 Å². The minimum Gasteiger partial charge on any atom is -0.396 e. The number of aliphatic hydroxyl groups is 2. The van der Waals surface area contributed by atoms with Crippen molar-refractivity contribution in [1.29, 1.82) is 0 Å². The summed E-state index contributed by atoms with van der Waals surface area (Å²) < 4.78 is 0. The first kappa shape index (κ1) is 8.02. The Morgan fingerprint density at radius 1 is 1.60 bits per heavy atom. The molecule has 2 heteroatoms. The van der Waals surface area contributed by atoms with Gasteiger partial charge in [-0.1, -0.05) is 13.3 Å². The molecule has 1 aliphatic rings. The first-order valence-corrected chi connectivity index (χ1v) is 4.04. The Kier molecular flexibility index (Phi) is 2.32. The summed E-state index contributed by atoms with van der Waals surface area (Å²) in [4.78, 5) is 0. The van der Waals surface area contributed by atoms with Crippen LogP contribution in [0.3, 0.4) is 0 Å². The van der Waals surface area contributed by atoms with Gasteiger partial charge >= 0.3 is 0 Å². The Morgan fingerprint density at radius 3 is 2.50 bits per heavy atom. The smallest absolute Gasteiger partial charge is 0.0618 e. The van der Waals surface area contributed by atoms with Gasteiger partial charge in [0.25, 0.3) is 0 Å². The van der Waals surface area contributed by atoms with Gasteiger partial charge in [0.05, 0.1) is 12.7 Å². The molecule has 1 saturated carbocycles. The van der Waals surface area contributed by atoms with Crippen LogP contribution in [0.5, 0.6) is 0 Å². The van der Waals surface area contributed by atoms with Crippen molar-refractivity contribution in [2.45, 2.75) is 38.7 Å². The third-order valence-electron chi connectivity index (χ3n) is 2.88. The first-order valence-electron chi connectivity index (χ1n) is 4.04. The van der Waals surface area contributed by atoms with E-state index in [0.717, 1.165) is 25.7 Å². The lowest BCUT2D eigenvalue weighted by molar-refractivity contribution is 0.00384. The minimum atomic E-state index is -0.262. The number of hydrogen-bond donors (Lipinski definition) is 2. The molecule has 0 aliphatic heterocycles. The highest BCUT2D eigenvalue weighted by atomic mass is 16.3. The summed E-state index contributed by atoms with van der Waals surface area (Å²) in [5, 5.41) is 18.5. The zero-order valence-electron chi connectivity index (χ0n) is 6.51. The topological polar surface area (TPSA) is 40.5 Å². The molecule has 0 unspecified atom stereocenters. The third kappa shape index (κ3) is 1.06. The van der Waals surface area contributed by atoms with Crippen molar-refractivity contribution >= 4 is 0 Å². The molecule has 60 valence electrons. The van der Waals surface area contributed by atoms with E-state index < -0.39 is 0 Å². The van der Waals surface area contributed by atoms with Gasteiger partial charge in [-0.15, -0.1) is 0 Å². The summed E-state index contributed by atoms with van der Waals surface area (Å²) in [5.41, 5.74) is -0.153. The predicted molar refractivity (Wildman–Crippen MR) is 39.7 cm³/mol. The molecule has 0 amide bonds. The molecule has 0 heterocycles. The van der Waals surface area contributed by atoms with Crippen LogP contribution in [0.1, 0.15) is 32.6 Å². The van der Waals surface area contributed by atoms with Gasteiger partial charge in [-0.3, -0.25) is 0 Å². The van der Waals surface area contributed by atoms with Crippen molar-refractivity contribution in [3.8, 4) is 0 Å². The lowest BCUT2D eigenvalue weighted by Crippen LogP contribution is -2.32. The monoisotopic (exact) mass is 144 g/mol. The van der Waals surface area contributed by atoms with E-state index in [2.05, 4.69) is 0 Å². The van der Waals surface area contributed by atoms with Crippen LogP contribution in [-0.2, 0) is 0 Å². The standard InChI is InChI=1S/C8H16O2/c1-2-8(6-9)5-3-4-7(8)10/h7,9-10H,2-6H2,1H3/t7-,8+/m0/s1. The molecule has 0 aromatic heterocycles. The van der Waals surface area contributed by atoms with Crippen LogP contribution in [0.25, 0.3) is 0 Å². The zero-order chi connectivity index (χ0) is 7.61. The molecular weight excluding hydrogens is 128 g/mol. The predicted octanol–water partition coefficient (Wildman–Crippen LogP) is 0.920. The first-order chi connectivity index (χ1) is 4.75. The molecule has 1 fully saturated rings. The van der Waals surface area contributed by atoms with Crippen molar-refractivity contribution in [3.05, 3.63) is 0 Å². The molecule has 2 nitrogen and oxygen atoms in total. The van der Waals surface area contributed by atoms with Gasteiger partial charge in [0.15, 0.2) is 0 Å². The molecule has 0 saturated heterocycles. The fourth-order valence-electron chi connectivity index (χ4n) is 1.83. The van der Waals surface area contributed by atoms with Crippen molar-refractivity contribution in [2.24, 2.45) is 5.41 Å². The lowest BCUT2D eigenvalue weighted by atomic mass is 9.82. The Balaban J connectivity index is 2.61. The second kappa shape index (κ2) is 2.89. The molecule has 1 aliphatic carbocycles. The fourth-order valence-corrected chi connectivity index (χ4v) is 1.83. The normalized spacial score (nSPS) is 40.5. The molecule has 10 heavy (non-hydrogen) atoms. The highest BCUT2D eigenvalue weighted by Crippen LogP contribution is 2.40. The number of hydrogen-bond acceptors (Lipinski definition) is 2. The highest BCUT2D eigenvalue weighted by molar-refractivity contribution is 4.90. The van der Waals surface area contributed by atoms with Crippen LogP contribution in [0.4, 0.5) is 0 Å². The van der Waals surface area contributed by atoms with E-state index in [0.29, 0.717) is 0 Å². The van der Waals surface area contributed by atoms with Crippen molar-refractivity contribution in [2.75, 3.05) is 6.61 Å². The third-order valence-corrected chi connectivity index (χ3v) is 2.88. The van der Waals surface area contributed by atoms with E-state index >= 15 is 0 Å². The largest absolute Gasteiger partial charge is 0.396 e. The molecule has 1 rings (SSSR count). The second-order valence-electron chi connectivity index (χ2n) is 3.28. The van der Waals surface area contributed by atoms with Crippen LogP contribution in [0.2, 0.25) is 0 Å². The van der Waals surface area contributed by atoms with Gasteiger partial charge in [-0.05, 0) is 19.3 Å². The summed E-state index contributed by atoms with van der Waals surface area (Å²) in [5.74, 6) is 0. The summed E-state index contributed by atoms with van der Waals surface area (Å²) in [6, 6.07) is 0.